The van der Waals surface area contributed by atoms with E-state index in [1.807, 2.05) is 0 Å². The van der Waals surface area contributed by atoms with Crippen molar-refractivity contribution in [1.82, 2.24) is 5.43 Å². The normalized spacial score (nSPS) is 15.2. The molecule has 0 fully saturated rings. The van der Waals surface area contributed by atoms with Crippen molar-refractivity contribution in [3.05, 3.63) is 55.2 Å². The zero-order chi connectivity index (χ0) is 15.0. The van der Waals surface area contributed by atoms with Crippen LogP contribution in [0.15, 0.2) is 22.7 Å². The van der Waals surface area contributed by atoms with Crippen molar-refractivity contribution in [3.8, 4) is 0 Å². The summed E-state index contributed by atoms with van der Waals surface area (Å²) >= 11 is 4.78. The maximum absolute atomic E-state index is 14.1. The van der Waals surface area contributed by atoms with Crippen LogP contribution in [-0.2, 0) is 19.3 Å². The quantitative estimate of drug-likeness (QED) is 0.483. The third-order valence-corrected chi connectivity index (χ3v) is 5.82. The van der Waals surface area contributed by atoms with Gasteiger partial charge < -0.3 is 0 Å². The van der Waals surface area contributed by atoms with Crippen molar-refractivity contribution in [2.75, 3.05) is 0 Å². The number of rotatable bonds is 4. The van der Waals surface area contributed by atoms with Crippen LogP contribution >= 0.6 is 27.3 Å². The molecule has 1 aliphatic rings. The minimum absolute atomic E-state index is 0.0564. The number of hydrazine groups is 1. The number of aryl methyl sites for hydroxylation is 2. The summed E-state index contributed by atoms with van der Waals surface area (Å²) in [5, 5.41) is 0. The number of hydrogen-bond acceptors (Lipinski definition) is 3. The lowest BCUT2D eigenvalue weighted by atomic mass is 10.0. The fourth-order valence-corrected chi connectivity index (χ4v) is 4.42. The smallest absolute Gasteiger partial charge is 0.143 e. The number of thiophene rings is 1. The minimum atomic E-state index is -0.556. The van der Waals surface area contributed by atoms with Gasteiger partial charge in [-0.05, 0) is 65.4 Å². The number of halogens is 3. The molecule has 1 aromatic heterocycles. The second kappa shape index (κ2) is 6.12. The molecule has 0 saturated carbocycles. The molecule has 112 valence electrons. The maximum atomic E-state index is 14.1. The average molecular weight is 373 g/mol. The number of fused-ring (bicyclic) bond motifs is 1. The van der Waals surface area contributed by atoms with Gasteiger partial charge in [0.2, 0.25) is 0 Å². The SMILES string of the molecule is NNC(Cc1c(F)ccc(Br)c1F)c1cc2c(s1)CCC2. The summed E-state index contributed by atoms with van der Waals surface area (Å²) in [5.41, 5.74) is 4.10. The highest BCUT2D eigenvalue weighted by Crippen LogP contribution is 2.35. The Bertz CT molecular complexity index is 650. The third-order valence-electron chi connectivity index (χ3n) is 3.86. The van der Waals surface area contributed by atoms with Crippen LogP contribution < -0.4 is 11.3 Å². The van der Waals surface area contributed by atoms with E-state index in [0.717, 1.165) is 17.7 Å². The molecule has 0 radical (unpaired) electrons. The lowest BCUT2D eigenvalue weighted by Gasteiger charge is -2.16. The molecule has 0 saturated heterocycles. The zero-order valence-electron chi connectivity index (χ0n) is 11.3. The van der Waals surface area contributed by atoms with Gasteiger partial charge >= 0.3 is 0 Å². The van der Waals surface area contributed by atoms with E-state index in [2.05, 4.69) is 27.4 Å². The Labute approximate surface area is 134 Å². The first-order valence-corrected chi connectivity index (χ1v) is 8.41. The van der Waals surface area contributed by atoms with Gasteiger partial charge in [0.1, 0.15) is 11.6 Å². The van der Waals surface area contributed by atoms with Crippen LogP contribution in [0.2, 0.25) is 0 Å². The van der Waals surface area contributed by atoms with E-state index in [9.17, 15) is 8.78 Å². The first-order chi connectivity index (χ1) is 10.1. The van der Waals surface area contributed by atoms with Gasteiger partial charge in [-0.15, -0.1) is 11.3 Å². The van der Waals surface area contributed by atoms with E-state index in [4.69, 9.17) is 5.84 Å². The number of hydrogen-bond donors (Lipinski definition) is 2. The monoisotopic (exact) mass is 372 g/mol. The second-order valence-corrected chi connectivity index (χ2v) is 7.22. The topological polar surface area (TPSA) is 38.0 Å². The average Bonchev–Trinajstić information content (AvgIpc) is 3.05. The Kier molecular flexibility index (Phi) is 4.40. The first kappa shape index (κ1) is 15.1. The molecule has 21 heavy (non-hydrogen) atoms. The lowest BCUT2D eigenvalue weighted by molar-refractivity contribution is 0.502. The number of nitrogens with one attached hydrogen (secondary N) is 1. The Hall–Kier alpha value is -0.820. The third kappa shape index (κ3) is 2.90. The molecular formula is C15H15BrF2N2S. The van der Waals surface area contributed by atoms with Crippen LogP contribution in [0.1, 0.15) is 33.3 Å². The Morgan fingerprint density at radius 1 is 1.33 bits per heavy atom. The fourth-order valence-electron chi connectivity index (χ4n) is 2.73. The molecular weight excluding hydrogens is 358 g/mol. The molecule has 2 nitrogen and oxygen atoms in total. The van der Waals surface area contributed by atoms with Gasteiger partial charge in [-0.1, -0.05) is 0 Å². The Balaban J connectivity index is 1.89. The molecule has 0 amide bonds. The lowest BCUT2D eigenvalue weighted by Crippen LogP contribution is -2.29. The van der Waals surface area contributed by atoms with Gasteiger partial charge in [-0.3, -0.25) is 11.3 Å². The molecule has 3 rings (SSSR count). The van der Waals surface area contributed by atoms with Crippen molar-refractivity contribution in [1.29, 1.82) is 0 Å². The molecule has 1 aliphatic carbocycles. The number of nitrogens with two attached hydrogens (primary N) is 1. The van der Waals surface area contributed by atoms with Crippen molar-refractivity contribution in [2.24, 2.45) is 5.84 Å². The summed E-state index contributed by atoms with van der Waals surface area (Å²) in [4.78, 5) is 2.42. The van der Waals surface area contributed by atoms with Crippen LogP contribution in [-0.4, -0.2) is 0 Å². The standard InChI is InChI=1S/C15H15BrF2N2S/c16-10-4-5-11(17)9(15(10)18)7-12(20-19)14-6-8-2-1-3-13(8)21-14/h4-6,12,20H,1-3,7,19H2. The molecule has 3 N–H and O–H groups in total. The van der Waals surface area contributed by atoms with Crippen LogP contribution in [0.25, 0.3) is 0 Å². The van der Waals surface area contributed by atoms with Gasteiger partial charge in [0.15, 0.2) is 0 Å². The first-order valence-electron chi connectivity index (χ1n) is 6.80. The summed E-state index contributed by atoms with van der Waals surface area (Å²) in [7, 11) is 0. The maximum Gasteiger partial charge on any atom is 0.143 e. The predicted octanol–water partition coefficient (Wildman–Crippen LogP) is 4.02. The Morgan fingerprint density at radius 3 is 2.86 bits per heavy atom. The summed E-state index contributed by atoms with van der Waals surface area (Å²) in [5.74, 6) is 4.51. The van der Waals surface area contributed by atoms with Crippen molar-refractivity contribution < 1.29 is 8.78 Å². The Morgan fingerprint density at radius 2 is 2.14 bits per heavy atom. The molecule has 1 heterocycles. The zero-order valence-corrected chi connectivity index (χ0v) is 13.7. The minimum Gasteiger partial charge on any atom is -0.271 e. The summed E-state index contributed by atoms with van der Waals surface area (Å²) < 4.78 is 28.2. The van der Waals surface area contributed by atoms with Gasteiger partial charge in [-0.2, -0.15) is 0 Å². The van der Waals surface area contributed by atoms with E-state index in [-0.39, 0.29) is 22.5 Å². The predicted molar refractivity (Wildman–Crippen MR) is 84.2 cm³/mol. The van der Waals surface area contributed by atoms with Crippen molar-refractivity contribution in [3.63, 3.8) is 0 Å². The summed E-state index contributed by atoms with van der Waals surface area (Å²) in [6.07, 6.45) is 3.56. The highest BCUT2D eigenvalue weighted by atomic mass is 79.9. The van der Waals surface area contributed by atoms with Gasteiger partial charge in [0, 0.05) is 15.3 Å². The molecule has 2 aromatic rings. The summed E-state index contributed by atoms with van der Waals surface area (Å²) in [6, 6.07) is 4.48. The molecule has 0 bridgehead atoms. The highest BCUT2D eigenvalue weighted by molar-refractivity contribution is 9.10. The van der Waals surface area contributed by atoms with Gasteiger partial charge in [0.25, 0.3) is 0 Å². The highest BCUT2D eigenvalue weighted by Gasteiger charge is 2.22. The van der Waals surface area contributed by atoms with E-state index < -0.39 is 11.6 Å². The molecule has 6 heteroatoms. The van der Waals surface area contributed by atoms with Crippen LogP contribution in [0.4, 0.5) is 8.78 Å². The van der Waals surface area contributed by atoms with Crippen LogP contribution in [0.5, 0.6) is 0 Å². The molecule has 1 aromatic carbocycles. The van der Waals surface area contributed by atoms with E-state index in [1.165, 1.54) is 29.0 Å². The number of benzene rings is 1. The van der Waals surface area contributed by atoms with Crippen LogP contribution in [0, 0.1) is 11.6 Å². The molecule has 0 aliphatic heterocycles. The van der Waals surface area contributed by atoms with E-state index in [1.54, 1.807) is 11.3 Å². The van der Waals surface area contributed by atoms with Crippen LogP contribution in [0.3, 0.4) is 0 Å². The fraction of sp³-hybridized carbons (Fsp3) is 0.333. The van der Waals surface area contributed by atoms with Crippen molar-refractivity contribution in [2.45, 2.75) is 31.7 Å². The van der Waals surface area contributed by atoms with Gasteiger partial charge in [-0.25, -0.2) is 8.78 Å². The summed E-state index contributed by atoms with van der Waals surface area (Å²) in [6.45, 7) is 0. The van der Waals surface area contributed by atoms with E-state index in [0.29, 0.717) is 0 Å². The molecule has 1 unspecified atom stereocenters. The molecule has 1 atom stereocenters. The second-order valence-electron chi connectivity index (χ2n) is 5.20. The molecule has 0 spiro atoms. The largest absolute Gasteiger partial charge is 0.271 e. The van der Waals surface area contributed by atoms with Gasteiger partial charge in [0.05, 0.1) is 10.5 Å². The van der Waals surface area contributed by atoms with E-state index >= 15 is 0 Å². The van der Waals surface area contributed by atoms with Crippen molar-refractivity contribution >= 4 is 27.3 Å².